The molecular weight excluding hydrogens is 633 g/mol. The van der Waals surface area contributed by atoms with Gasteiger partial charge >= 0.3 is 14.0 Å². The molecule has 0 atom stereocenters. The lowest BCUT2D eigenvalue weighted by atomic mass is 10.1. The summed E-state index contributed by atoms with van der Waals surface area (Å²) in [6.07, 6.45) is -2.19. The monoisotopic (exact) mass is 663 g/mol. The number of fused-ring (bicyclic) bond motifs is 1. The van der Waals surface area contributed by atoms with Gasteiger partial charge in [-0.25, -0.2) is 23.6 Å². The summed E-state index contributed by atoms with van der Waals surface area (Å²) in [5.74, 6) is -1.77. The Morgan fingerprint density at radius 1 is 1.05 bits per heavy atom. The van der Waals surface area contributed by atoms with E-state index in [2.05, 4.69) is 15.1 Å². The average molecular weight is 664 g/mol. The minimum absolute atomic E-state index is 0.0964. The second-order valence-electron chi connectivity index (χ2n) is 11.8. The third-order valence-corrected chi connectivity index (χ3v) is 8.17. The molecule has 0 fully saturated rings. The first-order chi connectivity index (χ1) is 20.2. The van der Waals surface area contributed by atoms with Crippen molar-refractivity contribution in [3.63, 3.8) is 0 Å². The lowest BCUT2D eigenvalue weighted by Crippen LogP contribution is -2.34. The molecule has 2 aromatic heterocycles. The molecule has 44 heavy (non-hydrogen) atoms. The van der Waals surface area contributed by atoms with Crippen molar-refractivity contribution in [2.24, 2.45) is 0 Å². The largest absolute Gasteiger partial charge is 0.477 e. The number of aromatic nitrogens is 4. The topological polar surface area (TPSA) is 118 Å². The molecule has 0 aliphatic carbocycles. The fourth-order valence-corrected chi connectivity index (χ4v) is 6.17. The molecule has 3 heterocycles. The molecule has 1 aliphatic rings. The second kappa shape index (κ2) is 12.4. The van der Waals surface area contributed by atoms with Gasteiger partial charge in [-0.3, -0.25) is 18.4 Å². The summed E-state index contributed by atoms with van der Waals surface area (Å²) < 4.78 is 90.2. The van der Waals surface area contributed by atoms with Gasteiger partial charge in [0, 0.05) is 12.1 Å². The van der Waals surface area contributed by atoms with Crippen LogP contribution in [0.15, 0.2) is 35.5 Å². The number of ether oxygens (including phenoxy) is 1. The molecule has 17 heteroatoms. The van der Waals surface area contributed by atoms with Crippen LogP contribution in [0, 0.1) is 5.82 Å². The standard InChI is InChI=1S/C27H31ClF4N5O6P/c1-25(2,3)42-44(39,43-26(4,5)6)40-15-37-24(38)22(28)20(12-35-37)36-10-9-17-19(13-36)33-14-34-23(17)41-21-8-7-16(29)11-18(21)27(30,31)32/h7-8,11-12,14H,9-10,13,15H2,1-6H3. The highest BCUT2D eigenvalue weighted by atomic mass is 35.5. The molecule has 0 unspecified atom stereocenters. The summed E-state index contributed by atoms with van der Waals surface area (Å²) in [6.45, 7) is 9.79. The van der Waals surface area contributed by atoms with E-state index < -0.39 is 54.6 Å². The SMILES string of the molecule is CC(C)(C)OP(=O)(OCn1ncc(N2CCc3c(ncnc3Oc3ccc(F)cc3C(F)(F)F)C2)c(Cl)c1=O)OC(C)(C)C. The maximum atomic E-state index is 13.5. The first kappa shape index (κ1) is 33.8. The first-order valence-electron chi connectivity index (χ1n) is 13.3. The summed E-state index contributed by atoms with van der Waals surface area (Å²) in [7, 11) is -4.14. The minimum atomic E-state index is -4.85. The number of phosphoric acid groups is 1. The fraction of sp³-hybridized carbons (Fsp3) is 0.481. The van der Waals surface area contributed by atoms with Crippen molar-refractivity contribution in [2.75, 3.05) is 11.4 Å². The third kappa shape index (κ3) is 8.33. The van der Waals surface area contributed by atoms with Crippen molar-refractivity contribution in [1.82, 2.24) is 19.7 Å². The quantitative estimate of drug-likeness (QED) is 0.186. The molecule has 0 amide bonds. The molecule has 0 saturated heterocycles. The molecule has 1 aliphatic heterocycles. The van der Waals surface area contributed by atoms with E-state index in [0.29, 0.717) is 17.3 Å². The summed E-state index contributed by atoms with van der Waals surface area (Å²) >= 11 is 6.44. The van der Waals surface area contributed by atoms with Gasteiger partial charge in [0.05, 0.1) is 35.3 Å². The van der Waals surface area contributed by atoms with Crippen LogP contribution in [0.2, 0.25) is 5.02 Å². The lowest BCUT2D eigenvalue weighted by molar-refractivity contribution is -0.138. The van der Waals surface area contributed by atoms with Crippen LogP contribution in [0.4, 0.5) is 23.2 Å². The van der Waals surface area contributed by atoms with E-state index in [1.807, 2.05) is 0 Å². The van der Waals surface area contributed by atoms with Crippen molar-refractivity contribution in [3.8, 4) is 11.6 Å². The van der Waals surface area contributed by atoms with Crippen molar-refractivity contribution < 1.29 is 40.4 Å². The maximum absolute atomic E-state index is 13.5. The summed E-state index contributed by atoms with van der Waals surface area (Å²) in [4.78, 5) is 23.0. The maximum Gasteiger partial charge on any atom is 0.477 e. The van der Waals surface area contributed by atoms with Gasteiger partial charge in [0.1, 0.15) is 28.5 Å². The van der Waals surface area contributed by atoms with Gasteiger partial charge in [0.25, 0.3) is 5.56 Å². The van der Waals surface area contributed by atoms with Gasteiger partial charge in [-0.2, -0.15) is 18.3 Å². The Labute approximate surface area is 255 Å². The number of anilines is 1. The van der Waals surface area contributed by atoms with E-state index in [0.717, 1.165) is 23.1 Å². The molecule has 240 valence electrons. The Morgan fingerprint density at radius 2 is 1.70 bits per heavy atom. The van der Waals surface area contributed by atoms with Crippen LogP contribution in [-0.2, 0) is 44.0 Å². The molecule has 1 aromatic carbocycles. The highest BCUT2D eigenvalue weighted by molar-refractivity contribution is 7.48. The Hall–Kier alpha value is -3.10. The molecule has 3 aromatic rings. The van der Waals surface area contributed by atoms with Crippen molar-refractivity contribution in [2.45, 2.75) is 78.6 Å². The highest BCUT2D eigenvalue weighted by Gasteiger charge is 2.38. The summed E-state index contributed by atoms with van der Waals surface area (Å²) in [6, 6.07) is 2.09. The number of hydrogen-bond donors (Lipinski definition) is 0. The van der Waals surface area contributed by atoms with Crippen LogP contribution in [0.3, 0.4) is 0 Å². The zero-order valence-corrected chi connectivity index (χ0v) is 26.4. The van der Waals surface area contributed by atoms with Crippen LogP contribution < -0.4 is 15.2 Å². The van der Waals surface area contributed by atoms with E-state index in [9.17, 15) is 26.9 Å². The van der Waals surface area contributed by atoms with E-state index in [1.54, 1.807) is 46.4 Å². The van der Waals surface area contributed by atoms with Crippen LogP contribution in [-0.4, -0.2) is 37.5 Å². The first-order valence-corrected chi connectivity index (χ1v) is 15.1. The molecule has 0 saturated carbocycles. The van der Waals surface area contributed by atoms with E-state index in [4.69, 9.17) is 29.9 Å². The van der Waals surface area contributed by atoms with Gasteiger partial charge < -0.3 is 9.64 Å². The predicted molar refractivity (Wildman–Crippen MR) is 152 cm³/mol. The predicted octanol–water partition coefficient (Wildman–Crippen LogP) is 6.91. The van der Waals surface area contributed by atoms with Crippen LogP contribution in [0.5, 0.6) is 11.6 Å². The smallest absolute Gasteiger partial charge is 0.438 e. The molecule has 0 N–H and O–H groups in total. The van der Waals surface area contributed by atoms with E-state index in [-0.39, 0.29) is 36.1 Å². The number of phosphoric ester groups is 1. The zero-order valence-electron chi connectivity index (χ0n) is 24.7. The molecule has 11 nitrogen and oxygen atoms in total. The number of benzene rings is 1. The van der Waals surface area contributed by atoms with Crippen molar-refractivity contribution >= 4 is 25.1 Å². The normalized spacial score (nSPS) is 14.5. The van der Waals surface area contributed by atoms with Crippen molar-refractivity contribution in [3.05, 3.63) is 68.7 Å². The molecule has 4 rings (SSSR count). The second-order valence-corrected chi connectivity index (χ2v) is 13.7. The van der Waals surface area contributed by atoms with Crippen molar-refractivity contribution in [1.29, 1.82) is 0 Å². The lowest BCUT2D eigenvalue weighted by Gasteiger charge is -2.31. The third-order valence-electron chi connectivity index (χ3n) is 5.84. The van der Waals surface area contributed by atoms with E-state index >= 15 is 0 Å². The van der Waals surface area contributed by atoms with Gasteiger partial charge in [-0.1, -0.05) is 11.6 Å². The van der Waals surface area contributed by atoms with Gasteiger partial charge in [-0.05, 0) is 66.2 Å². The fourth-order valence-electron chi connectivity index (χ4n) is 4.17. The number of hydrogen-bond acceptors (Lipinski definition) is 10. The minimum Gasteiger partial charge on any atom is -0.438 e. The van der Waals surface area contributed by atoms with E-state index in [1.165, 1.54) is 6.20 Å². The molecule has 0 radical (unpaired) electrons. The van der Waals surface area contributed by atoms with Crippen LogP contribution >= 0.6 is 19.4 Å². The molecule has 0 bridgehead atoms. The Kier molecular flexibility index (Phi) is 9.49. The van der Waals surface area contributed by atoms with Gasteiger partial charge in [0.2, 0.25) is 5.88 Å². The number of nitrogens with zero attached hydrogens (tertiary/aromatic N) is 5. The Bertz CT molecular complexity index is 1620. The zero-order chi connectivity index (χ0) is 32.7. The summed E-state index contributed by atoms with van der Waals surface area (Å²) in [5, 5.41) is 3.90. The number of rotatable bonds is 8. The average Bonchev–Trinajstić information content (AvgIpc) is 2.87. The van der Waals surface area contributed by atoms with Gasteiger partial charge in [0.15, 0.2) is 6.73 Å². The molecular formula is C27H31ClF4N5O6P. The van der Waals surface area contributed by atoms with Crippen LogP contribution in [0.25, 0.3) is 0 Å². The summed E-state index contributed by atoms with van der Waals surface area (Å²) in [5.41, 5.74) is -2.68. The number of halogens is 5. The van der Waals surface area contributed by atoms with Gasteiger partial charge in [-0.15, -0.1) is 0 Å². The van der Waals surface area contributed by atoms with Crippen LogP contribution in [0.1, 0.15) is 58.4 Å². The Balaban J connectivity index is 1.54. The molecule has 0 spiro atoms. The number of alkyl halides is 3. The Morgan fingerprint density at radius 3 is 2.32 bits per heavy atom. The highest BCUT2D eigenvalue weighted by Crippen LogP contribution is 2.55.